The molecule has 30 heavy (non-hydrogen) atoms. The molecule has 0 aliphatic carbocycles. The Bertz CT molecular complexity index is 1090. The Morgan fingerprint density at radius 1 is 1.03 bits per heavy atom. The van der Waals surface area contributed by atoms with E-state index in [0.717, 1.165) is 41.0 Å². The fourth-order valence-electron chi connectivity index (χ4n) is 4.66. The SMILES string of the molecule is CN1C(=O)N(Cc2ccc3ccccc3c2)C(=O)C12CCN(Cc1nccs1)CC2. The summed E-state index contributed by atoms with van der Waals surface area (Å²) in [7, 11) is 1.77. The minimum Gasteiger partial charge on any atom is -0.312 e. The van der Waals surface area contributed by atoms with E-state index < -0.39 is 5.54 Å². The number of piperidine rings is 1. The number of likely N-dealkylation sites (tertiary alicyclic amines) is 1. The first-order chi connectivity index (χ1) is 14.6. The van der Waals surface area contributed by atoms with E-state index in [1.807, 2.05) is 35.8 Å². The van der Waals surface area contributed by atoms with Gasteiger partial charge >= 0.3 is 6.03 Å². The standard InChI is InChI=1S/C23H24N4O2S/c1-25-22(29)27(15-17-6-7-18-4-2-3-5-19(18)14-17)21(28)23(25)8-11-26(12-9-23)16-20-24-10-13-30-20/h2-7,10,13-14H,8-9,11-12,15-16H2,1H3. The molecule has 7 heteroatoms. The van der Waals surface area contributed by atoms with Crippen molar-refractivity contribution in [1.29, 1.82) is 0 Å². The van der Waals surface area contributed by atoms with E-state index in [9.17, 15) is 9.59 Å². The molecule has 2 fully saturated rings. The molecule has 2 aliphatic heterocycles. The number of amides is 3. The molecule has 2 aliphatic rings. The van der Waals surface area contributed by atoms with Crippen molar-refractivity contribution in [2.45, 2.75) is 31.5 Å². The summed E-state index contributed by atoms with van der Waals surface area (Å²) in [4.78, 5) is 36.2. The number of hydrogen-bond acceptors (Lipinski definition) is 5. The van der Waals surface area contributed by atoms with Crippen LogP contribution in [0.15, 0.2) is 54.0 Å². The van der Waals surface area contributed by atoms with Crippen molar-refractivity contribution in [2.75, 3.05) is 20.1 Å². The molecule has 0 unspecified atom stereocenters. The van der Waals surface area contributed by atoms with Crippen molar-refractivity contribution in [2.24, 2.45) is 0 Å². The third kappa shape index (κ3) is 3.18. The number of benzene rings is 2. The van der Waals surface area contributed by atoms with Crippen LogP contribution in [0.1, 0.15) is 23.4 Å². The van der Waals surface area contributed by atoms with E-state index in [1.54, 1.807) is 23.3 Å². The van der Waals surface area contributed by atoms with Gasteiger partial charge < -0.3 is 4.90 Å². The van der Waals surface area contributed by atoms with Gasteiger partial charge in [0.2, 0.25) is 0 Å². The van der Waals surface area contributed by atoms with Gasteiger partial charge in [-0.1, -0.05) is 36.4 Å². The number of nitrogens with zero attached hydrogens (tertiary/aromatic N) is 4. The first-order valence-corrected chi connectivity index (χ1v) is 11.1. The van der Waals surface area contributed by atoms with Gasteiger partial charge in [-0.3, -0.25) is 14.6 Å². The topological polar surface area (TPSA) is 56.8 Å². The summed E-state index contributed by atoms with van der Waals surface area (Å²) >= 11 is 1.65. The average molecular weight is 421 g/mol. The van der Waals surface area contributed by atoms with Gasteiger partial charge in [0.05, 0.1) is 13.1 Å². The lowest BCUT2D eigenvalue weighted by Gasteiger charge is -2.40. The Balaban J connectivity index is 1.32. The number of carbonyl (C=O) groups excluding carboxylic acids is 2. The first-order valence-electron chi connectivity index (χ1n) is 10.2. The van der Waals surface area contributed by atoms with Crippen LogP contribution in [0.2, 0.25) is 0 Å². The van der Waals surface area contributed by atoms with Gasteiger partial charge in [0, 0.05) is 31.7 Å². The maximum atomic E-state index is 13.4. The molecule has 2 saturated heterocycles. The van der Waals surface area contributed by atoms with Crippen molar-refractivity contribution < 1.29 is 9.59 Å². The van der Waals surface area contributed by atoms with Crippen LogP contribution in [0.5, 0.6) is 0 Å². The summed E-state index contributed by atoms with van der Waals surface area (Å²) in [6.07, 6.45) is 3.14. The van der Waals surface area contributed by atoms with Crippen molar-refractivity contribution in [3.8, 4) is 0 Å². The fourth-order valence-corrected chi connectivity index (χ4v) is 5.32. The second-order valence-corrected chi connectivity index (χ2v) is 9.13. The molecule has 3 aromatic rings. The average Bonchev–Trinajstić information content (AvgIpc) is 3.34. The largest absolute Gasteiger partial charge is 0.327 e. The summed E-state index contributed by atoms with van der Waals surface area (Å²) in [5.41, 5.74) is 0.259. The van der Waals surface area contributed by atoms with Gasteiger partial charge in [-0.05, 0) is 35.2 Å². The van der Waals surface area contributed by atoms with Gasteiger partial charge in [-0.15, -0.1) is 11.3 Å². The highest BCUT2D eigenvalue weighted by molar-refractivity contribution is 7.09. The van der Waals surface area contributed by atoms with Crippen LogP contribution in [0.3, 0.4) is 0 Å². The number of urea groups is 1. The van der Waals surface area contributed by atoms with Crippen LogP contribution in [0, 0.1) is 0 Å². The molecular weight excluding hydrogens is 396 g/mol. The zero-order chi connectivity index (χ0) is 20.7. The molecule has 0 saturated carbocycles. The number of rotatable bonds is 4. The zero-order valence-corrected chi connectivity index (χ0v) is 17.8. The van der Waals surface area contributed by atoms with Crippen molar-refractivity contribution in [3.05, 3.63) is 64.6 Å². The van der Waals surface area contributed by atoms with Crippen LogP contribution >= 0.6 is 11.3 Å². The minimum absolute atomic E-state index is 0.0583. The fraction of sp³-hybridized carbons (Fsp3) is 0.348. The van der Waals surface area contributed by atoms with E-state index in [-0.39, 0.29) is 11.9 Å². The van der Waals surface area contributed by atoms with E-state index in [2.05, 4.69) is 28.1 Å². The van der Waals surface area contributed by atoms with Gasteiger partial charge in [-0.2, -0.15) is 0 Å². The Kier molecular flexibility index (Phi) is 4.79. The van der Waals surface area contributed by atoms with Crippen molar-refractivity contribution in [1.82, 2.24) is 19.7 Å². The molecule has 3 amide bonds. The third-order valence-corrected chi connectivity index (χ3v) is 7.25. The third-order valence-electron chi connectivity index (χ3n) is 6.48. The number of aromatic nitrogens is 1. The molecule has 0 bridgehead atoms. The summed E-state index contributed by atoms with van der Waals surface area (Å²) < 4.78 is 0. The molecule has 5 rings (SSSR count). The predicted molar refractivity (Wildman–Crippen MR) is 117 cm³/mol. The Labute approximate surface area is 179 Å². The summed E-state index contributed by atoms with van der Waals surface area (Å²) in [6, 6.07) is 14.1. The monoisotopic (exact) mass is 420 g/mol. The Morgan fingerprint density at radius 2 is 1.80 bits per heavy atom. The van der Waals surface area contributed by atoms with E-state index in [1.165, 1.54) is 4.90 Å². The van der Waals surface area contributed by atoms with E-state index in [0.29, 0.717) is 19.4 Å². The second kappa shape index (κ2) is 7.49. The van der Waals surface area contributed by atoms with Gasteiger partial charge in [0.1, 0.15) is 10.5 Å². The molecule has 1 aromatic heterocycles. The highest BCUT2D eigenvalue weighted by Gasteiger charge is 2.56. The number of likely N-dealkylation sites (N-methyl/N-ethyl adjacent to an activating group) is 1. The number of carbonyl (C=O) groups is 2. The Morgan fingerprint density at radius 3 is 2.53 bits per heavy atom. The molecule has 3 heterocycles. The number of thiazole rings is 1. The summed E-state index contributed by atoms with van der Waals surface area (Å²) in [5, 5.41) is 5.35. The minimum atomic E-state index is -0.715. The summed E-state index contributed by atoms with van der Waals surface area (Å²) in [6.45, 7) is 2.69. The van der Waals surface area contributed by atoms with Gasteiger partial charge in [0.25, 0.3) is 5.91 Å². The van der Waals surface area contributed by atoms with Crippen LogP contribution in [-0.2, 0) is 17.9 Å². The van der Waals surface area contributed by atoms with Crippen LogP contribution in [0.4, 0.5) is 4.79 Å². The van der Waals surface area contributed by atoms with Crippen LogP contribution in [0.25, 0.3) is 10.8 Å². The van der Waals surface area contributed by atoms with Crippen LogP contribution in [-0.4, -0.2) is 57.3 Å². The van der Waals surface area contributed by atoms with Gasteiger partial charge in [0.15, 0.2) is 0 Å². The number of fused-ring (bicyclic) bond motifs is 1. The second-order valence-electron chi connectivity index (χ2n) is 8.15. The molecule has 2 aromatic carbocycles. The normalized spacial score (nSPS) is 19.4. The van der Waals surface area contributed by atoms with Crippen LogP contribution < -0.4 is 0 Å². The molecular formula is C23H24N4O2S. The number of imide groups is 1. The van der Waals surface area contributed by atoms with E-state index in [4.69, 9.17) is 0 Å². The van der Waals surface area contributed by atoms with Crippen molar-refractivity contribution in [3.63, 3.8) is 0 Å². The first kappa shape index (κ1) is 19.2. The molecule has 0 atom stereocenters. The lowest BCUT2D eigenvalue weighted by atomic mass is 9.86. The smallest absolute Gasteiger partial charge is 0.312 e. The highest BCUT2D eigenvalue weighted by Crippen LogP contribution is 2.37. The molecule has 1 spiro atoms. The predicted octanol–water partition coefficient (Wildman–Crippen LogP) is 3.73. The summed E-state index contributed by atoms with van der Waals surface area (Å²) in [5.74, 6) is -0.0583. The quantitative estimate of drug-likeness (QED) is 0.604. The van der Waals surface area contributed by atoms with Crippen molar-refractivity contribution >= 4 is 34.0 Å². The zero-order valence-electron chi connectivity index (χ0n) is 17.0. The Hall–Kier alpha value is -2.77. The van der Waals surface area contributed by atoms with Gasteiger partial charge in [-0.25, -0.2) is 9.78 Å². The maximum absolute atomic E-state index is 13.4. The molecule has 154 valence electrons. The molecule has 6 nitrogen and oxygen atoms in total. The molecule has 0 N–H and O–H groups in total. The molecule has 0 radical (unpaired) electrons. The highest BCUT2D eigenvalue weighted by atomic mass is 32.1. The van der Waals surface area contributed by atoms with E-state index >= 15 is 0 Å². The number of hydrogen-bond donors (Lipinski definition) is 0. The lowest BCUT2D eigenvalue weighted by Crippen LogP contribution is -2.55. The maximum Gasteiger partial charge on any atom is 0.327 e. The lowest BCUT2D eigenvalue weighted by molar-refractivity contribution is -0.135.